The van der Waals surface area contributed by atoms with Crippen LogP contribution in [0.3, 0.4) is 0 Å². The lowest BCUT2D eigenvalue weighted by atomic mass is 9.99. The molecule has 52 heavy (non-hydrogen) atoms. The molecule has 7 rings (SSSR count). The molecule has 8 nitrogen and oxygen atoms in total. The van der Waals surface area contributed by atoms with Crippen LogP contribution in [-0.4, -0.2) is 59.4 Å². The third-order valence-electron chi connectivity index (χ3n) is 9.70. The van der Waals surface area contributed by atoms with Crippen LogP contribution in [0, 0.1) is 5.41 Å². The van der Waals surface area contributed by atoms with E-state index in [1.807, 2.05) is 30.3 Å². The Morgan fingerprint density at radius 1 is 0.769 bits per heavy atom. The van der Waals surface area contributed by atoms with E-state index >= 15 is 0 Å². The van der Waals surface area contributed by atoms with Crippen LogP contribution < -0.4 is 15.3 Å². The van der Waals surface area contributed by atoms with Crippen molar-refractivity contribution in [2.75, 3.05) is 44.3 Å². The predicted octanol–water partition coefficient (Wildman–Crippen LogP) is 8.26. The van der Waals surface area contributed by atoms with E-state index in [-0.39, 0.29) is 5.97 Å². The number of aryl methyl sites for hydroxylation is 1. The van der Waals surface area contributed by atoms with Gasteiger partial charge < -0.3 is 23.5 Å². The van der Waals surface area contributed by atoms with Crippen molar-refractivity contribution in [3.05, 3.63) is 149 Å². The SMILES string of the molecule is CCOC(=O)c1cccc(OCCCn2c(=N)n(Cc3ccc(N4CCN(Cc5ccccc5-c5ccc(Cl)cc5)CC4)cc3)c3ccccc32)c1. The molecule has 1 saturated heterocycles. The number of benzene rings is 5. The Morgan fingerprint density at radius 2 is 1.48 bits per heavy atom. The van der Waals surface area contributed by atoms with Gasteiger partial charge in [0.15, 0.2) is 0 Å². The minimum atomic E-state index is -0.354. The smallest absolute Gasteiger partial charge is 0.338 e. The third kappa shape index (κ3) is 8.09. The maximum atomic E-state index is 12.1. The highest BCUT2D eigenvalue weighted by molar-refractivity contribution is 6.30. The molecule has 5 aromatic carbocycles. The molecule has 0 atom stereocenters. The van der Waals surface area contributed by atoms with Crippen molar-refractivity contribution in [1.82, 2.24) is 14.0 Å². The summed E-state index contributed by atoms with van der Waals surface area (Å²) in [4.78, 5) is 17.1. The molecule has 0 amide bonds. The quantitative estimate of drug-likeness (QED) is 0.0964. The zero-order valence-electron chi connectivity index (χ0n) is 29.5. The molecule has 2 heterocycles. The summed E-state index contributed by atoms with van der Waals surface area (Å²) in [5.41, 5.74) is 9.19. The van der Waals surface area contributed by atoms with E-state index in [1.54, 1.807) is 25.1 Å². The van der Waals surface area contributed by atoms with E-state index in [2.05, 4.69) is 91.7 Å². The van der Waals surface area contributed by atoms with Crippen molar-refractivity contribution >= 4 is 34.3 Å². The van der Waals surface area contributed by atoms with E-state index in [1.165, 1.54) is 22.4 Å². The minimum absolute atomic E-state index is 0.331. The highest BCUT2D eigenvalue weighted by atomic mass is 35.5. The molecule has 0 saturated carbocycles. The summed E-state index contributed by atoms with van der Waals surface area (Å²) in [7, 11) is 0. The number of rotatable bonds is 13. The maximum Gasteiger partial charge on any atom is 0.338 e. The van der Waals surface area contributed by atoms with Gasteiger partial charge in [0.2, 0.25) is 5.62 Å². The monoisotopic (exact) mass is 713 g/mol. The van der Waals surface area contributed by atoms with Crippen molar-refractivity contribution in [2.45, 2.75) is 33.0 Å². The second-order valence-corrected chi connectivity index (χ2v) is 13.5. The molecule has 0 aliphatic carbocycles. The van der Waals surface area contributed by atoms with Gasteiger partial charge in [-0.1, -0.05) is 78.3 Å². The highest BCUT2D eigenvalue weighted by Gasteiger charge is 2.19. The summed E-state index contributed by atoms with van der Waals surface area (Å²) >= 11 is 6.15. The number of nitrogens with zero attached hydrogens (tertiary/aromatic N) is 4. The Balaban J connectivity index is 0.953. The number of esters is 1. The Kier molecular flexibility index (Phi) is 11.0. The van der Waals surface area contributed by atoms with Crippen molar-refractivity contribution in [3.8, 4) is 16.9 Å². The molecule has 0 radical (unpaired) electrons. The third-order valence-corrected chi connectivity index (χ3v) is 9.95. The van der Waals surface area contributed by atoms with Crippen LogP contribution in [0.25, 0.3) is 22.2 Å². The normalized spacial score (nSPS) is 13.4. The number of carbonyl (C=O) groups excluding carboxylic acids is 1. The summed E-state index contributed by atoms with van der Waals surface area (Å²) in [5, 5.41) is 9.88. The zero-order chi connectivity index (χ0) is 35.9. The number of fused-ring (bicyclic) bond motifs is 1. The molecule has 1 aromatic heterocycles. The fourth-order valence-electron chi connectivity index (χ4n) is 6.99. The van der Waals surface area contributed by atoms with Crippen molar-refractivity contribution in [1.29, 1.82) is 5.41 Å². The Bertz CT molecular complexity index is 2180. The predicted molar refractivity (Wildman–Crippen MR) is 208 cm³/mol. The number of hydrogen-bond acceptors (Lipinski definition) is 6. The standard InChI is InChI=1S/C43H44ClN5O3/c1-2-51-42(50)34-10-7-11-38(29-34)52-28-8-23-48-40-13-5-6-14-41(40)49(43(48)45)30-32-15-21-37(22-16-32)47-26-24-46(25-27-47)31-35-9-3-4-12-39(35)33-17-19-36(44)20-18-33/h3-7,9-22,29,45H,2,8,23-28,30-31H2,1H3. The number of anilines is 1. The number of carbonyl (C=O) groups is 1. The fourth-order valence-corrected chi connectivity index (χ4v) is 7.12. The van der Waals surface area contributed by atoms with Crippen LogP contribution in [0.1, 0.15) is 34.8 Å². The molecule has 1 fully saturated rings. The first-order chi connectivity index (χ1) is 25.5. The molecule has 0 unspecified atom stereocenters. The van der Waals surface area contributed by atoms with Gasteiger partial charge in [-0.25, -0.2) is 4.79 Å². The van der Waals surface area contributed by atoms with Gasteiger partial charge in [0.05, 0.1) is 36.4 Å². The second-order valence-electron chi connectivity index (χ2n) is 13.1. The van der Waals surface area contributed by atoms with Gasteiger partial charge >= 0.3 is 5.97 Å². The molecular formula is C43H44ClN5O3. The topological polar surface area (TPSA) is 75.7 Å². The van der Waals surface area contributed by atoms with Crippen LogP contribution in [-0.2, 0) is 24.4 Å². The van der Waals surface area contributed by atoms with Crippen molar-refractivity contribution in [3.63, 3.8) is 0 Å². The van der Waals surface area contributed by atoms with Gasteiger partial charge in [-0.2, -0.15) is 0 Å². The van der Waals surface area contributed by atoms with E-state index in [0.717, 1.165) is 54.3 Å². The lowest BCUT2D eigenvalue weighted by Crippen LogP contribution is -2.46. The van der Waals surface area contributed by atoms with Gasteiger partial charge in [-0.05, 0) is 90.2 Å². The number of imidazole rings is 1. The first-order valence-electron chi connectivity index (χ1n) is 18.0. The molecule has 0 bridgehead atoms. The van der Waals surface area contributed by atoms with Gasteiger partial charge in [0.25, 0.3) is 0 Å². The molecule has 6 aromatic rings. The zero-order valence-corrected chi connectivity index (χ0v) is 30.3. The van der Waals surface area contributed by atoms with E-state index < -0.39 is 0 Å². The van der Waals surface area contributed by atoms with Crippen LogP contribution >= 0.6 is 11.6 Å². The van der Waals surface area contributed by atoms with Gasteiger partial charge in [0, 0.05) is 50.0 Å². The second kappa shape index (κ2) is 16.4. The highest BCUT2D eigenvalue weighted by Crippen LogP contribution is 2.27. The lowest BCUT2D eigenvalue weighted by molar-refractivity contribution is 0.0526. The fraction of sp³-hybridized carbons (Fsp3) is 0.256. The number of para-hydroxylation sites is 2. The molecule has 1 aliphatic rings. The van der Waals surface area contributed by atoms with Crippen molar-refractivity contribution in [2.24, 2.45) is 0 Å². The largest absolute Gasteiger partial charge is 0.494 e. The van der Waals surface area contributed by atoms with E-state index in [4.69, 9.17) is 26.5 Å². The molecule has 1 N–H and O–H groups in total. The average molecular weight is 714 g/mol. The molecule has 266 valence electrons. The number of nitrogens with one attached hydrogen (secondary N) is 1. The van der Waals surface area contributed by atoms with E-state index in [9.17, 15) is 4.79 Å². The number of piperazine rings is 1. The molecular weight excluding hydrogens is 670 g/mol. The maximum absolute atomic E-state index is 12.1. The Hall–Kier alpha value is -5.31. The number of ether oxygens (including phenoxy) is 2. The summed E-state index contributed by atoms with van der Waals surface area (Å²) in [6, 6.07) is 40.9. The number of halogens is 1. The van der Waals surface area contributed by atoms with Crippen molar-refractivity contribution < 1.29 is 14.3 Å². The van der Waals surface area contributed by atoms with Gasteiger partial charge in [-0.3, -0.25) is 10.3 Å². The van der Waals surface area contributed by atoms with Crippen LogP contribution in [0.5, 0.6) is 5.75 Å². The summed E-state index contributed by atoms with van der Waals surface area (Å²) in [5.74, 6) is 0.276. The van der Waals surface area contributed by atoms with Gasteiger partial charge in [0.1, 0.15) is 5.75 Å². The summed E-state index contributed by atoms with van der Waals surface area (Å²) < 4.78 is 15.2. The molecule has 1 aliphatic heterocycles. The van der Waals surface area contributed by atoms with Crippen LogP contribution in [0.4, 0.5) is 5.69 Å². The average Bonchev–Trinajstić information content (AvgIpc) is 3.44. The Morgan fingerprint density at radius 3 is 2.23 bits per heavy atom. The minimum Gasteiger partial charge on any atom is -0.494 e. The van der Waals surface area contributed by atoms with E-state index in [0.29, 0.717) is 49.7 Å². The number of aromatic nitrogens is 2. The Labute approximate surface area is 309 Å². The molecule has 0 spiro atoms. The summed E-state index contributed by atoms with van der Waals surface area (Å²) in [6.45, 7) is 8.71. The summed E-state index contributed by atoms with van der Waals surface area (Å²) in [6.07, 6.45) is 0.713. The van der Waals surface area contributed by atoms with Gasteiger partial charge in [-0.15, -0.1) is 0 Å². The first kappa shape index (κ1) is 35.1. The first-order valence-corrected chi connectivity index (χ1v) is 18.4. The number of hydrogen-bond donors (Lipinski definition) is 1. The van der Waals surface area contributed by atoms with Crippen LogP contribution in [0.2, 0.25) is 5.02 Å². The molecule has 9 heteroatoms. The lowest BCUT2D eigenvalue weighted by Gasteiger charge is -2.36. The van der Waals surface area contributed by atoms with Crippen LogP contribution in [0.15, 0.2) is 121 Å².